The molecule has 1 aromatic heterocycles. The van der Waals surface area contributed by atoms with E-state index in [0.29, 0.717) is 23.7 Å². The highest BCUT2D eigenvalue weighted by molar-refractivity contribution is 9.26. The van der Waals surface area contributed by atoms with Crippen molar-refractivity contribution in [1.29, 1.82) is 0 Å². The second-order valence-corrected chi connectivity index (χ2v) is 13.3. The molecule has 7 heteroatoms. The van der Waals surface area contributed by atoms with Gasteiger partial charge in [0.15, 0.2) is 0 Å². The molecule has 0 aliphatic rings. The lowest BCUT2D eigenvalue weighted by Crippen LogP contribution is -2.69. The van der Waals surface area contributed by atoms with Crippen molar-refractivity contribution in [1.82, 2.24) is 14.2 Å². The summed E-state index contributed by atoms with van der Waals surface area (Å²) in [5.41, 5.74) is 9.55. The third-order valence-corrected chi connectivity index (χ3v) is 8.92. The maximum Gasteiger partial charge on any atom is 0.363 e. The van der Waals surface area contributed by atoms with E-state index in [2.05, 4.69) is 167 Å². The van der Waals surface area contributed by atoms with E-state index in [1.165, 1.54) is 39.4 Å². The lowest BCUT2D eigenvalue weighted by molar-refractivity contribution is -0.577. The van der Waals surface area contributed by atoms with Crippen molar-refractivity contribution in [3.05, 3.63) is 71.0 Å². The van der Waals surface area contributed by atoms with Crippen LogP contribution in [0.1, 0.15) is 101 Å². The first kappa shape index (κ1) is 30.7. The molecule has 0 radical (unpaired) electrons. The molecule has 0 aliphatic heterocycles. The molecule has 38 heavy (non-hydrogen) atoms. The van der Waals surface area contributed by atoms with Gasteiger partial charge in [-0.3, -0.25) is 0 Å². The van der Waals surface area contributed by atoms with Crippen molar-refractivity contribution in [2.75, 3.05) is 28.2 Å². The zero-order chi connectivity index (χ0) is 28.5. The lowest BCUT2D eigenvalue weighted by Gasteiger charge is -2.27. The molecule has 204 valence electrons. The van der Waals surface area contributed by atoms with E-state index in [0.717, 1.165) is 0 Å². The van der Waals surface area contributed by atoms with Crippen LogP contribution in [0.5, 0.6) is 0 Å². The number of hydrogen-bond acceptors (Lipinski definition) is 2. The number of benzene rings is 2. The lowest BCUT2D eigenvalue weighted by atomic mass is 9.32. The monoisotopic (exact) mass is 577 g/mol. The Kier molecular flexibility index (Phi) is 10.2. The van der Waals surface area contributed by atoms with Gasteiger partial charge in [0.2, 0.25) is 5.72 Å². The van der Waals surface area contributed by atoms with Crippen LogP contribution < -0.4 is 10.3 Å². The van der Waals surface area contributed by atoms with Gasteiger partial charge in [-0.15, -0.1) is 15.8 Å². The van der Waals surface area contributed by atoms with Crippen LogP contribution in [0.25, 0.3) is 11.4 Å². The van der Waals surface area contributed by atoms with Crippen LogP contribution in [0.4, 0.5) is 0 Å². The Bertz CT molecular complexity index is 1100. The molecule has 0 spiro atoms. The predicted octanol–water partition coefficient (Wildman–Crippen LogP) is 6.53. The van der Waals surface area contributed by atoms with E-state index in [1.807, 2.05) is 0 Å². The fourth-order valence-electron chi connectivity index (χ4n) is 5.53. The highest BCUT2D eigenvalue weighted by Gasteiger charge is 2.45. The molecule has 3 rings (SSSR count). The number of para-hydroxylation sites is 2. The van der Waals surface area contributed by atoms with Gasteiger partial charge in [-0.25, -0.2) is 9.13 Å². The Morgan fingerprint density at radius 2 is 1.11 bits per heavy atom. The smallest absolute Gasteiger partial charge is 0.342 e. The number of hydrogen-bond donors (Lipinski definition) is 0. The van der Waals surface area contributed by atoms with Crippen molar-refractivity contribution >= 4 is 33.8 Å². The van der Waals surface area contributed by atoms with Gasteiger partial charge >= 0.3 is 12.3 Å². The molecule has 2 aromatic carbocycles. The Morgan fingerprint density at radius 3 is 1.47 bits per heavy atom. The van der Waals surface area contributed by atoms with Gasteiger partial charge < -0.3 is 9.62 Å². The van der Waals surface area contributed by atoms with Crippen LogP contribution in [0.2, 0.25) is 0 Å². The summed E-state index contributed by atoms with van der Waals surface area (Å²) in [6.45, 7) is 18.5. The van der Waals surface area contributed by atoms with Crippen LogP contribution in [0, 0.1) is 0 Å². The summed E-state index contributed by atoms with van der Waals surface area (Å²) in [4.78, 5) is 4.61. The minimum Gasteiger partial charge on any atom is -0.342 e. The second kappa shape index (κ2) is 12.6. The second-order valence-electron chi connectivity index (χ2n) is 12.3. The molecule has 0 saturated heterocycles. The summed E-state index contributed by atoms with van der Waals surface area (Å²) >= 11 is 4.09. The minimum absolute atomic E-state index is 0.0838. The molecular weight excluding hydrogens is 530 g/mol. The van der Waals surface area contributed by atoms with E-state index >= 15 is 0 Å². The van der Waals surface area contributed by atoms with Crippen molar-refractivity contribution in [3.8, 4) is 11.4 Å². The average Bonchev–Trinajstić information content (AvgIpc) is 3.26. The van der Waals surface area contributed by atoms with E-state index < -0.39 is 0 Å². The van der Waals surface area contributed by atoms with Gasteiger partial charge in [0.25, 0.3) is 0 Å². The van der Waals surface area contributed by atoms with E-state index in [1.54, 1.807) is 0 Å². The molecule has 4 nitrogen and oxygen atoms in total. The molecule has 0 bridgehead atoms. The summed E-state index contributed by atoms with van der Waals surface area (Å²) in [5, 5.41) is 0. The molecule has 0 fully saturated rings. The number of nitrogens with zero attached hydrogens (tertiary/aromatic N) is 4. The highest BCUT2D eigenvalue weighted by Crippen LogP contribution is 2.32. The van der Waals surface area contributed by atoms with Gasteiger partial charge in [0.1, 0.15) is 23.8 Å². The fourth-order valence-corrected chi connectivity index (χ4v) is 6.24. The number of rotatable bonds is 10. The van der Waals surface area contributed by atoms with Gasteiger partial charge in [-0.05, 0) is 51.9 Å². The molecule has 0 saturated carbocycles. The van der Waals surface area contributed by atoms with Crippen LogP contribution >= 0.6 is 15.8 Å². The van der Waals surface area contributed by atoms with Gasteiger partial charge in [-0.2, -0.15) is 0 Å². The Balaban J connectivity index is 2.56. The van der Waals surface area contributed by atoms with Crippen molar-refractivity contribution < 1.29 is 4.57 Å². The molecule has 0 amide bonds. The van der Waals surface area contributed by atoms with Crippen LogP contribution in [0.15, 0.2) is 48.8 Å². The first-order valence-electron chi connectivity index (χ1n) is 14.2. The van der Waals surface area contributed by atoms with Crippen LogP contribution in [-0.4, -0.2) is 54.7 Å². The Hall–Kier alpha value is -1.82. The van der Waals surface area contributed by atoms with Crippen LogP contribution in [-0.2, 0) is 0 Å². The summed E-state index contributed by atoms with van der Waals surface area (Å²) in [6, 6.07) is 13.7. The number of imidazole rings is 1. The standard InChI is InChI=1S/C31H48B2BrN4/c1-21(2)25-15-13-16-26(22(3)4)29(25)37-19-20-38(31(37)32(35(9)10)33(34)36(11)12)30-27(23(5)6)17-14-18-28(30)24(7)8/h13-24H,1-12H3/q+1. The van der Waals surface area contributed by atoms with E-state index in [9.17, 15) is 0 Å². The summed E-state index contributed by atoms with van der Waals surface area (Å²) in [7, 11) is 8.69. The zero-order valence-corrected chi connectivity index (χ0v) is 27.3. The van der Waals surface area contributed by atoms with Crippen molar-refractivity contribution in [3.63, 3.8) is 0 Å². The summed E-state index contributed by atoms with van der Waals surface area (Å²) in [5.74, 6) is 1.64. The van der Waals surface area contributed by atoms with Crippen molar-refractivity contribution in [2.45, 2.75) is 79.1 Å². The Labute approximate surface area is 241 Å². The maximum atomic E-state index is 4.09. The summed E-state index contributed by atoms with van der Waals surface area (Å²) in [6.07, 6.45) is 4.60. The normalized spacial score (nSPS) is 12.2. The van der Waals surface area contributed by atoms with E-state index in [4.69, 9.17) is 0 Å². The fraction of sp³-hybridized carbons (Fsp3) is 0.516. The van der Waals surface area contributed by atoms with Gasteiger partial charge in [0, 0.05) is 22.3 Å². The zero-order valence-electron chi connectivity index (χ0n) is 25.7. The molecular formula is C31H48B2BrN4+. The van der Waals surface area contributed by atoms with Gasteiger partial charge in [-0.1, -0.05) is 91.8 Å². The first-order chi connectivity index (χ1) is 17.8. The third kappa shape index (κ3) is 6.00. The average molecular weight is 578 g/mol. The first-order valence-corrected chi connectivity index (χ1v) is 15.1. The highest BCUT2D eigenvalue weighted by atomic mass is 79.9. The third-order valence-electron chi connectivity index (χ3n) is 7.60. The molecule has 3 aromatic rings. The summed E-state index contributed by atoms with van der Waals surface area (Å²) < 4.78 is 4.99. The molecule has 0 unspecified atom stereocenters. The Morgan fingerprint density at radius 1 is 0.684 bits per heavy atom. The van der Waals surface area contributed by atoms with E-state index in [-0.39, 0.29) is 12.3 Å². The molecule has 0 N–H and O–H groups in total. The molecule has 1 heterocycles. The largest absolute Gasteiger partial charge is 0.363 e. The topological polar surface area (TPSA) is 15.3 Å². The number of halogens is 1. The quantitative estimate of drug-likeness (QED) is 0.201. The molecule has 0 aliphatic carbocycles. The van der Waals surface area contributed by atoms with Gasteiger partial charge in [0.05, 0.1) is 0 Å². The molecule has 0 atom stereocenters. The number of aromatic nitrogens is 2. The predicted molar refractivity (Wildman–Crippen MR) is 171 cm³/mol. The SMILES string of the molecule is CC(C)c1cccc(C(C)C)c1-n1cc[n+](-c2c(C(C)C)cccc2C(C)C)c1B(B(Br)N(C)C)N(C)C. The maximum absolute atomic E-state index is 4.09. The van der Waals surface area contributed by atoms with Crippen LogP contribution in [0.3, 0.4) is 0 Å². The minimum atomic E-state index is 0.0838. The van der Waals surface area contributed by atoms with Crippen molar-refractivity contribution in [2.24, 2.45) is 0 Å².